The quantitative estimate of drug-likeness (QED) is 0.568. The number of thiocarbonyl (C=S) groups is 1. The number of hydrogen-bond acceptors (Lipinski definition) is 6. The summed E-state index contributed by atoms with van der Waals surface area (Å²) in [6.07, 6.45) is 1.86. The van der Waals surface area contributed by atoms with Gasteiger partial charge < -0.3 is 5.32 Å². The van der Waals surface area contributed by atoms with Crippen LogP contribution in [0.1, 0.15) is 18.4 Å². The lowest BCUT2D eigenvalue weighted by Gasteiger charge is -2.15. The van der Waals surface area contributed by atoms with Gasteiger partial charge in [-0.05, 0) is 18.6 Å². The maximum absolute atomic E-state index is 13.8. The number of benzene rings is 1. The highest BCUT2D eigenvalue weighted by atomic mass is 32.2. The van der Waals surface area contributed by atoms with Gasteiger partial charge in [0.25, 0.3) is 5.91 Å². The van der Waals surface area contributed by atoms with Crippen LogP contribution in [0, 0.1) is 5.82 Å². The smallest absolute Gasteiger partial charge is 0.266 e. The van der Waals surface area contributed by atoms with E-state index in [9.17, 15) is 22.4 Å². The molecule has 1 atom stereocenters. The molecule has 27 heavy (non-hydrogen) atoms. The van der Waals surface area contributed by atoms with Crippen LogP contribution in [-0.2, 0) is 19.4 Å². The van der Waals surface area contributed by atoms with Crippen molar-refractivity contribution in [2.24, 2.45) is 0 Å². The maximum Gasteiger partial charge on any atom is 0.266 e. The third kappa shape index (κ3) is 4.94. The molecule has 3 rings (SSSR count). The van der Waals surface area contributed by atoms with Crippen LogP contribution in [0.15, 0.2) is 29.2 Å². The van der Waals surface area contributed by atoms with Gasteiger partial charge in [-0.3, -0.25) is 14.5 Å². The molecule has 144 valence electrons. The second-order valence-corrected chi connectivity index (χ2v) is 10.2. The van der Waals surface area contributed by atoms with E-state index in [-0.39, 0.29) is 47.9 Å². The zero-order valence-electron chi connectivity index (χ0n) is 14.2. The first-order valence-electron chi connectivity index (χ1n) is 8.25. The molecule has 2 aliphatic rings. The summed E-state index contributed by atoms with van der Waals surface area (Å²) < 4.78 is 36.9. The summed E-state index contributed by atoms with van der Waals surface area (Å²) in [5.74, 6) is -1.11. The molecule has 2 heterocycles. The van der Waals surface area contributed by atoms with Crippen LogP contribution in [0.3, 0.4) is 0 Å². The molecule has 2 amide bonds. The molecule has 2 aliphatic heterocycles. The molecular formula is C17H17FN2O4S3. The molecule has 1 unspecified atom stereocenters. The van der Waals surface area contributed by atoms with Crippen molar-refractivity contribution >= 4 is 56.0 Å². The predicted molar refractivity (Wildman–Crippen MR) is 106 cm³/mol. The Labute approximate surface area is 166 Å². The SMILES string of the molecule is O=C(CCN1C(=O)C(=Cc2ccccc2F)SC1=S)NC1CCS(=O)(=O)C1. The number of carbonyl (C=O) groups excluding carboxylic acids is 2. The lowest BCUT2D eigenvalue weighted by atomic mass is 10.2. The van der Waals surface area contributed by atoms with Crippen molar-refractivity contribution in [3.63, 3.8) is 0 Å². The fourth-order valence-corrected chi connectivity index (χ4v) is 5.82. The molecule has 2 saturated heterocycles. The number of sulfone groups is 1. The number of halogens is 1. The number of thioether (sulfide) groups is 1. The van der Waals surface area contributed by atoms with Gasteiger partial charge in [-0.2, -0.15) is 0 Å². The minimum atomic E-state index is -3.07. The molecule has 6 nitrogen and oxygen atoms in total. The molecular weight excluding hydrogens is 411 g/mol. The Balaban J connectivity index is 1.58. The normalized spacial score (nSPS) is 23.2. The van der Waals surface area contributed by atoms with E-state index < -0.39 is 15.7 Å². The van der Waals surface area contributed by atoms with Crippen molar-refractivity contribution in [3.8, 4) is 0 Å². The molecule has 0 spiro atoms. The van der Waals surface area contributed by atoms with Crippen LogP contribution < -0.4 is 5.32 Å². The molecule has 2 fully saturated rings. The van der Waals surface area contributed by atoms with E-state index in [1.54, 1.807) is 18.2 Å². The summed E-state index contributed by atoms with van der Waals surface area (Å²) in [5.41, 5.74) is 0.290. The molecule has 1 aromatic carbocycles. The van der Waals surface area contributed by atoms with Crippen molar-refractivity contribution in [1.29, 1.82) is 0 Å². The van der Waals surface area contributed by atoms with Gasteiger partial charge in [0.1, 0.15) is 10.1 Å². The van der Waals surface area contributed by atoms with Crippen LogP contribution in [0.25, 0.3) is 6.08 Å². The Hall–Kier alpha value is -1.78. The van der Waals surface area contributed by atoms with Gasteiger partial charge in [0.05, 0.1) is 16.4 Å². The van der Waals surface area contributed by atoms with Crippen LogP contribution in [0.2, 0.25) is 0 Å². The maximum atomic E-state index is 13.8. The molecule has 0 radical (unpaired) electrons. The highest BCUT2D eigenvalue weighted by Gasteiger charge is 2.33. The van der Waals surface area contributed by atoms with Crippen molar-refractivity contribution in [3.05, 3.63) is 40.6 Å². The standard InChI is InChI=1S/C17H17FN2O4S3/c18-13-4-2-1-3-11(13)9-14-16(22)20(17(25)26-14)7-5-15(21)19-12-6-8-27(23,24)10-12/h1-4,9,12H,5-8,10H2,(H,19,21). The Morgan fingerprint density at radius 1 is 1.41 bits per heavy atom. The van der Waals surface area contributed by atoms with E-state index in [4.69, 9.17) is 12.2 Å². The Kier molecular flexibility index (Phi) is 5.97. The number of nitrogens with zero attached hydrogens (tertiary/aromatic N) is 1. The van der Waals surface area contributed by atoms with E-state index in [1.807, 2.05) is 0 Å². The summed E-state index contributed by atoms with van der Waals surface area (Å²) in [6, 6.07) is 5.72. The second kappa shape index (κ2) is 8.07. The van der Waals surface area contributed by atoms with Gasteiger partial charge in [-0.15, -0.1) is 0 Å². The molecule has 10 heteroatoms. The lowest BCUT2D eigenvalue weighted by molar-refractivity contribution is -0.124. The fraction of sp³-hybridized carbons (Fsp3) is 0.353. The first-order valence-corrected chi connectivity index (χ1v) is 11.3. The van der Waals surface area contributed by atoms with E-state index in [0.29, 0.717) is 15.6 Å². The fourth-order valence-electron chi connectivity index (χ4n) is 2.85. The lowest BCUT2D eigenvalue weighted by Crippen LogP contribution is -2.38. The molecule has 0 bridgehead atoms. The minimum absolute atomic E-state index is 0.00989. The first-order chi connectivity index (χ1) is 12.7. The van der Waals surface area contributed by atoms with Gasteiger partial charge >= 0.3 is 0 Å². The zero-order chi connectivity index (χ0) is 19.6. The summed E-state index contributed by atoms with van der Waals surface area (Å²) in [7, 11) is -3.07. The number of hydrogen-bond donors (Lipinski definition) is 1. The monoisotopic (exact) mass is 428 g/mol. The van der Waals surface area contributed by atoms with Gasteiger partial charge in [0, 0.05) is 24.6 Å². The minimum Gasteiger partial charge on any atom is -0.352 e. The van der Waals surface area contributed by atoms with E-state index in [0.717, 1.165) is 11.8 Å². The summed E-state index contributed by atoms with van der Waals surface area (Å²) >= 11 is 6.25. The van der Waals surface area contributed by atoms with E-state index in [2.05, 4.69) is 5.32 Å². The van der Waals surface area contributed by atoms with Crippen LogP contribution in [0.4, 0.5) is 4.39 Å². The number of carbonyl (C=O) groups is 2. The number of amides is 2. The van der Waals surface area contributed by atoms with Crippen molar-refractivity contribution in [2.45, 2.75) is 18.9 Å². The molecule has 1 aromatic rings. The molecule has 1 N–H and O–H groups in total. The van der Waals surface area contributed by atoms with Crippen LogP contribution in [0.5, 0.6) is 0 Å². The van der Waals surface area contributed by atoms with Crippen molar-refractivity contribution < 1.29 is 22.4 Å². The Bertz CT molecular complexity index is 930. The van der Waals surface area contributed by atoms with Gasteiger partial charge in [-0.1, -0.05) is 42.2 Å². The largest absolute Gasteiger partial charge is 0.352 e. The van der Waals surface area contributed by atoms with Crippen LogP contribution >= 0.6 is 24.0 Å². The predicted octanol–water partition coefficient (Wildman–Crippen LogP) is 1.72. The van der Waals surface area contributed by atoms with E-state index >= 15 is 0 Å². The van der Waals surface area contributed by atoms with Crippen molar-refractivity contribution in [2.75, 3.05) is 18.1 Å². The van der Waals surface area contributed by atoms with Gasteiger partial charge in [0.15, 0.2) is 9.84 Å². The Morgan fingerprint density at radius 3 is 2.81 bits per heavy atom. The summed E-state index contributed by atoms with van der Waals surface area (Å²) in [5, 5.41) is 2.68. The third-order valence-electron chi connectivity index (χ3n) is 4.23. The molecule has 0 aromatic heterocycles. The van der Waals surface area contributed by atoms with Gasteiger partial charge in [0.2, 0.25) is 5.91 Å². The second-order valence-electron chi connectivity index (χ2n) is 6.27. The van der Waals surface area contributed by atoms with Gasteiger partial charge in [-0.25, -0.2) is 12.8 Å². The van der Waals surface area contributed by atoms with Crippen molar-refractivity contribution in [1.82, 2.24) is 10.2 Å². The van der Waals surface area contributed by atoms with E-state index in [1.165, 1.54) is 17.0 Å². The zero-order valence-corrected chi connectivity index (χ0v) is 16.6. The summed E-state index contributed by atoms with van der Waals surface area (Å²) in [6.45, 7) is 0.0879. The topological polar surface area (TPSA) is 83.6 Å². The average Bonchev–Trinajstić information content (AvgIpc) is 3.07. The average molecular weight is 429 g/mol. The molecule has 0 saturated carbocycles. The number of rotatable bonds is 5. The number of nitrogens with one attached hydrogen (secondary N) is 1. The Morgan fingerprint density at radius 2 is 2.15 bits per heavy atom. The highest BCUT2D eigenvalue weighted by Crippen LogP contribution is 2.33. The third-order valence-corrected chi connectivity index (χ3v) is 7.37. The van der Waals surface area contributed by atoms with Crippen LogP contribution in [-0.4, -0.2) is 53.5 Å². The first kappa shape index (κ1) is 20.0. The summed E-state index contributed by atoms with van der Waals surface area (Å²) in [4.78, 5) is 26.1. The molecule has 0 aliphatic carbocycles. The highest BCUT2D eigenvalue weighted by molar-refractivity contribution is 8.26.